The normalized spacial score (nSPS) is 30.6. The molecular weight excluding hydrogens is 398 g/mol. The molecule has 4 aliphatic carbocycles. The molecule has 0 radical (unpaired) electrons. The first-order valence-corrected chi connectivity index (χ1v) is 16.2. The molecule has 180 valence electrons. The van der Waals surface area contributed by atoms with Crippen LogP contribution in [0.15, 0.2) is 0 Å². The van der Waals surface area contributed by atoms with Gasteiger partial charge >= 0.3 is 0 Å². The van der Waals surface area contributed by atoms with E-state index < -0.39 is 8.32 Å². The summed E-state index contributed by atoms with van der Waals surface area (Å²) in [5, 5.41) is 0.291. The Morgan fingerprint density at radius 2 is 1.35 bits per heavy atom. The Morgan fingerprint density at radius 1 is 0.839 bits per heavy atom. The molecule has 0 aliphatic heterocycles. The molecule has 4 heteroatoms. The first-order chi connectivity index (χ1) is 14.3. The Morgan fingerprint density at radius 3 is 1.84 bits per heavy atom. The minimum absolute atomic E-state index is 0.272. The Bertz CT molecular complexity index is 588. The molecule has 31 heavy (non-hydrogen) atoms. The lowest BCUT2D eigenvalue weighted by atomic mass is 9.53. The van der Waals surface area contributed by atoms with E-state index in [1.54, 1.807) is 0 Å². The smallest absolute Gasteiger partial charge is 0.228 e. The largest absolute Gasteiger partial charge is 0.417 e. The third-order valence-electron chi connectivity index (χ3n) is 9.00. The van der Waals surface area contributed by atoms with Gasteiger partial charge in [-0.25, -0.2) is 0 Å². The Hall–Kier alpha value is -0.353. The van der Waals surface area contributed by atoms with Crippen LogP contribution >= 0.6 is 0 Å². The van der Waals surface area contributed by atoms with Crippen molar-refractivity contribution in [2.24, 2.45) is 29.1 Å². The van der Waals surface area contributed by atoms with Crippen LogP contribution in [0, 0.1) is 29.1 Å². The predicted molar refractivity (Wildman–Crippen MR) is 134 cm³/mol. The molecule has 4 fully saturated rings. The van der Waals surface area contributed by atoms with E-state index >= 15 is 0 Å². The SMILES string of the molecule is CC(C)(C)C(=O)N(CCCCCCO[Si](C)(C)C(C)(C)C)C1C2CC3CC(C2)CC1C3. The number of carbonyl (C=O) groups excluding carboxylic acids is 1. The van der Waals surface area contributed by atoms with Gasteiger partial charge < -0.3 is 9.33 Å². The zero-order valence-electron chi connectivity index (χ0n) is 21.9. The van der Waals surface area contributed by atoms with E-state index in [0.29, 0.717) is 17.0 Å². The van der Waals surface area contributed by atoms with Crippen LogP contribution < -0.4 is 0 Å². The topological polar surface area (TPSA) is 29.5 Å². The summed E-state index contributed by atoms with van der Waals surface area (Å²) in [6.45, 7) is 19.8. The van der Waals surface area contributed by atoms with E-state index in [-0.39, 0.29) is 5.41 Å². The summed E-state index contributed by atoms with van der Waals surface area (Å²) in [5.74, 6) is 3.88. The fourth-order valence-electron chi connectivity index (χ4n) is 6.50. The standard InChI is InChI=1S/C27H51NO2Si/c1-26(2,3)25(29)28(24-22-16-20-15-21(18-22)19-23(24)17-20)13-11-9-10-12-14-30-31(7,8)27(4,5)6/h20-24H,9-19H2,1-8H3. The van der Waals surface area contributed by atoms with Crippen LogP contribution in [0.2, 0.25) is 18.1 Å². The predicted octanol–water partition coefficient (Wildman–Crippen LogP) is 7.27. The maximum absolute atomic E-state index is 13.5. The van der Waals surface area contributed by atoms with Gasteiger partial charge in [0.1, 0.15) is 0 Å². The molecule has 3 nitrogen and oxygen atoms in total. The van der Waals surface area contributed by atoms with Crippen LogP contribution in [-0.2, 0) is 9.22 Å². The quantitative estimate of drug-likeness (QED) is 0.274. The van der Waals surface area contributed by atoms with Crippen LogP contribution in [-0.4, -0.2) is 38.3 Å². The van der Waals surface area contributed by atoms with Gasteiger partial charge in [-0.15, -0.1) is 0 Å². The minimum Gasteiger partial charge on any atom is -0.417 e. The summed E-state index contributed by atoms with van der Waals surface area (Å²) in [5.41, 5.74) is -0.272. The molecule has 0 aromatic carbocycles. The van der Waals surface area contributed by atoms with E-state index in [1.807, 2.05) is 0 Å². The molecule has 4 saturated carbocycles. The van der Waals surface area contributed by atoms with Gasteiger partial charge in [0.25, 0.3) is 0 Å². The first kappa shape index (κ1) is 25.3. The summed E-state index contributed by atoms with van der Waals surface area (Å²) in [7, 11) is -1.62. The lowest BCUT2D eigenvalue weighted by molar-refractivity contribution is -0.152. The van der Waals surface area contributed by atoms with Gasteiger partial charge in [0.15, 0.2) is 8.32 Å². The van der Waals surface area contributed by atoms with Crippen molar-refractivity contribution in [3.05, 3.63) is 0 Å². The number of hydrogen-bond donors (Lipinski definition) is 0. The van der Waals surface area contributed by atoms with Gasteiger partial charge in [-0.1, -0.05) is 54.4 Å². The lowest BCUT2D eigenvalue weighted by Gasteiger charge is -2.57. The number of unbranched alkanes of at least 4 members (excludes halogenated alkanes) is 3. The average molecular weight is 450 g/mol. The Labute approximate surface area is 194 Å². The van der Waals surface area contributed by atoms with Gasteiger partial charge in [0, 0.05) is 24.6 Å². The van der Waals surface area contributed by atoms with Crippen LogP contribution in [0.1, 0.15) is 99.3 Å². The second-order valence-electron chi connectivity index (χ2n) is 13.7. The average Bonchev–Trinajstić information content (AvgIpc) is 2.62. The van der Waals surface area contributed by atoms with E-state index in [9.17, 15) is 4.79 Å². The highest BCUT2D eigenvalue weighted by Gasteiger charge is 2.51. The molecule has 0 aromatic heterocycles. The molecule has 4 rings (SSSR count). The van der Waals surface area contributed by atoms with Gasteiger partial charge in [-0.3, -0.25) is 4.79 Å². The zero-order chi connectivity index (χ0) is 23.0. The minimum atomic E-state index is -1.62. The summed E-state index contributed by atoms with van der Waals surface area (Å²) in [4.78, 5) is 15.8. The van der Waals surface area contributed by atoms with Crippen LogP contribution in [0.3, 0.4) is 0 Å². The summed E-state index contributed by atoms with van der Waals surface area (Å²) in [6, 6.07) is 0.529. The highest BCUT2D eigenvalue weighted by molar-refractivity contribution is 6.74. The van der Waals surface area contributed by atoms with Crippen molar-refractivity contribution in [1.29, 1.82) is 0 Å². The molecule has 0 saturated heterocycles. The fourth-order valence-corrected chi connectivity index (χ4v) is 7.59. The molecule has 0 aromatic rings. The van der Waals surface area contributed by atoms with Crippen molar-refractivity contribution in [3.8, 4) is 0 Å². The Balaban J connectivity index is 1.49. The van der Waals surface area contributed by atoms with Crippen molar-refractivity contribution in [2.45, 2.75) is 124 Å². The highest BCUT2D eigenvalue weighted by atomic mass is 28.4. The molecule has 1 amide bonds. The molecule has 0 unspecified atom stereocenters. The second-order valence-corrected chi connectivity index (χ2v) is 18.5. The van der Waals surface area contributed by atoms with Crippen molar-refractivity contribution >= 4 is 14.2 Å². The van der Waals surface area contributed by atoms with Crippen LogP contribution in [0.25, 0.3) is 0 Å². The molecule has 0 spiro atoms. The van der Waals surface area contributed by atoms with E-state index in [4.69, 9.17) is 4.43 Å². The third-order valence-corrected chi connectivity index (χ3v) is 13.5. The summed E-state index contributed by atoms with van der Waals surface area (Å²) < 4.78 is 6.34. The molecule has 4 aliphatic rings. The van der Waals surface area contributed by atoms with E-state index in [2.05, 4.69) is 59.5 Å². The number of nitrogens with zero attached hydrogens (tertiary/aromatic N) is 1. The fraction of sp³-hybridized carbons (Fsp3) is 0.963. The molecule has 0 atom stereocenters. The number of hydrogen-bond acceptors (Lipinski definition) is 2. The van der Waals surface area contributed by atoms with Gasteiger partial charge in [0.2, 0.25) is 5.91 Å². The Kier molecular flexibility index (Phi) is 7.73. The number of amides is 1. The highest BCUT2D eigenvalue weighted by Crippen LogP contribution is 2.55. The third kappa shape index (κ3) is 5.96. The van der Waals surface area contributed by atoms with E-state index in [0.717, 1.165) is 49.7 Å². The van der Waals surface area contributed by atoms with Gasteiger partial charge in [-0.05, 0) is 86.7 Å². The zero-order valence-corrected chi connectivity index (χ0v) is 22.9. The van der Waals surface area contributed by atoms with Crippen molar-refractivity contribution in [2.75, 3.05) is 13.2 Å². The molecular formula is C27H51NO2Si. The van der Waals surface area contributed by atoms with Crippen molar-refractivity contribution in [3.63, 3.8) is 0 Å². The second kappa shape index (κ2) is 9.48. The van der Waals surface area contributed by atoms with Crippen molar-refractivity contribution in [1.82, 2.24) is 4.90 Å². The lowest BCUT2D eigenvalue weighted by Crippen LogP contribution is -2.59. The molecule has 4 bridgehead atoms. The van der Waals surface area contributed by atoms with Crippen LogP contribution in [0.4, 0.5) is 0 Å². The number of rotatable bonds is 9. The number of carbonyl (C=O) groups is 1. The van der Waals surface area contributed by atoms with E-state index in [1.165, 1.54) is 44.9 Å². The van der Waals surface area contributed by atoms with Gasteiger partial charge in [-0.2, -0.15) is 0 Å². The maximum Gasteiger partial charge on any atom is 0.228 e. The summed E-state index contributed by atoms with van der Waals surface area (Å²) >= 11 is 0. The first-order valence-electron chi connectivity index (χ1n) is 13.2. The summed E-state index contributed by atoms with van der Waals surface area (Å²) in [6.07, 6.45) is 11.7. The monoisotopic (exact) mass is 449 g/mol. The van der Waals surface area contributed by atoms with Crippen molar-refractivity contribution < 1.29 is 9.22 Å². The van der Waals surface area contributed by atoms with Gasteiger partial charge in [0.05, 0.1) is 0 Å². The molecule has 0 heterocycles. The maximum atomic E-state index is 13.5. The molecule has 0 N–H and O–H groups in total. The van der Waals surface area contributed by atoms with Crippen LogP contribution in [0.5, 0.6) is 0 Å².